The quantitative estimate of drug-likeness (QED) is 0.778. The van der Waals surface area contributed by atoms with Crippen molar-refractivity contribution in [1.82, 2.24) is 4.90 Å². The molecule has 1 aliphatic rings. The fourth-order valence-electron chi connectivity index (χ4n) is 3.07. The Bertz CT molecular complexity index is 954. The number of hydrogen-bond acceptors (Lipinski definition) is 4. The molecule has 152 valence electrons. The van der Waals surface area contributed by atoms with Crippen molar-refractivity contribution in [1.29, 1.82) is 0 Å². The standard InChI is InChI=1S/C24H29N3O2/c1-16(2)18-9-10-20(19(14-18)7-6-12-27(4)5)26-24(28)23-15-25-21-13-17(3)8-11-22(21)29-23/h8-11,13-14,16,23,25H,12,15H2,1-5H3,(H,26,28). The summed E-state index contributed by atoms with van der Waals surface area (Å²) >= 11 is 0. The van der Waals surface area contributed by atoms with Gasteiger partial charge in [0.05, 0.1) is 24.5 Å². The third-order valence-electron chi connectivity index (χ3n) is 4.76. The lowest BCUT2D eigenvalue weighted by Crippen LogP contribution is -2.41. The average Bonchev–Trinajstić information content (AvgIpc) is 2.68. The van der Waals surface area contributed by atoms with E-state index in [9.17, 15) is 4.79 Å². The highest BCUT2D eigenvalue weighted by molar-refractivity contribution is 5.96. The molecule has 0 aromatic heterocycles. The molecule has 0 spiro atoms. The largest absolute Gasteiger partial charge is 0.477 e. The summed E-state index contributed by atoms with van der Waals surface area (Å²) in [4.78, 5) is 14.9. The molecule has 3 rings (SSSR count). The molecular weight excluding hydrogens is 362 g/mol. The summed E-state index contributed by atoms with van der Waals surface area (Å²) < 4.78 is 5.92. The number of fused-ring (bicyclic) bond motifs is 1. The second-order valence-electron chi connectivity index (χ2n) is 7.98. The summed E-state index contributed by atoms with van der Waals surface area (Å²) in [5.41, 5.74) is 4.80. The minimum atomic E-state index is -0.599. The summed E-state index contributed by atoms with van der Waals surface area (Å²) in [6.07, 6.45) is -0.599. The molecule has 5 heteroatoms. The van der Waals surface area contributed by atoms with Crippen molar-refractivity contribution >= 4 is 17.3 Å². The van der Waals surface area contributed by atoms with Crippen LogP contribution < -0.4 is 15.4 Å². The highest BCUT2D eigenvalue weighted by Gasteiger charge is 2.26. The zero-order valence-electron chi connectivity index (χ0n) is 17.8. The molecule has 1 unspecified atom stereocenters. The number of benzene rings is 2. The number of hydrogen-bond donors (Lipinski definition) is 2. The number of rotatable bonds is 4. The van der Waals surface area contributed by atoms with E-state index in [0.717, 1.165) is 16.8 Å². The fourth-order valence-corrected chi connectivity index (χ4v) is 3.07. The van der Waals surface area contributed by atoms with E-state index < -0.39 is 6.10 Å². The van der Waals surface area contributed by atoms with Gasteiger partial charge in [-0.25, -0.2) is 0 Å². The monoisotopic (exact) mass is 391 g/mol. The first-order valence-corrected chi connectivity index (χ1v) is 9.93. The Morgan fingerprint density at radius 2 is 2.07 bits per heavy atom. The van der Waals surface area contributed by atoms with Crippen LogP contribution in [-0.2, 0) is 4.79 Å². The van der Waals surface area contributed by atoms with Gasteiger partial charge in [-0.2, -0.15) is 0 Å². The molecule has 2 aromatic rings. The van der Waals surface area contributed by atoms with Crippen LogP contribution in [0.3, 0.4) is 0 Å². The van der Waals surface area contributed by atoms with Crippen molar-refractivity contribution in [3.63, 3.8) is 0 Å². The lowest BCUT2D eigenvalue weighted by Gasteiger charge is -2.27. The van der Waals surface area contributed by atoms with Crippen molar-refractivity contribution in [3.05, 3.63) is 53.1 Å². The SMILES string of the molecule is Cc1ccc2c(c1)NCC(C(=O)Nc1ccc(C(C)C)cc1C#CCN(C)C)O2. The minimum Gasteiger partial charge on any atom is -0.477 e. The topological polar surface area (TPSA) is 53.6 Å². The summed E-state index contributed by atoms with van der Waals surface area (Å²) in [5, 5.41) is 6.29. The first kappa shape index (κ1) is 20.8. The van der Waals surface area contributed by atoms with Gasteiger partial charge in [-0.15, -0.1) is 0 Å². The number of carbonyl (C=O) groups excluding carboxylic acids is 1. The first-order valence-electron chi connectivity index (χ1n) is 9.93. The summed E-state index contributed by atoms with van der Waals surface area (Å²) in [6.45, 7) is 7.40. The Morgan fingerprint density at radius 1 is 1.28 bits per heavy atom. The van der Waals surface area contributed by atoms with Gasteiger partial charge in [-0.1, -0.05) is 37.8 Å². The molecule has 0 bridgehead atoms. The zero-order chi connectivity index (χ0) is 21.0. The van der Waals surface area contributed by atoms with Crippen LogP contribution in [0.2, 0.25) is 0 Å². The van der Waals surface area contributed by atoms with Crippen molar-refractivity contribution in [2.24, 2.45) is 0 Å². The Hall–Kier alpha value is -2.97. The van der Waals surface area contributed by atoms with Gasteiger partial charge in [0.15, 0.2) is 6.10 Å². The van der Waals surface area contributed by atoms with Crippen molar-refractivity contribution in [2.75, 3.05) is 37.8 Å². The molecule has 0 aliphatic carbocycles. The number of nitrogens with zero attached hydrogens (tertiary/aromatic N) is 1. The predicted molar refractivity (Wildman–Crippen MR) is 119 cm³/mol. The number of anilines is 2. The molecule has 5 nitrogen and oxygen atoms in total. The number of aryl methyl sites for hydroxylation is 1. The maximum atomic E-state index is 12.9. The Balaban J connectivity index is 1.78. The van der Waals surface area contributed by atoms with Gasteiger partial charge >= 0.3 is 0 Å². The zero-order valence-corrected chi connectivity index (χ0v) is 17.8. The summed E-state index contributed by atoms with van der Waals surface area (Å²) in [5.74, 6) is 7.27. The Morgan fingerprint density at radius 3 is 2.79 bits per heavy atom. The smallest absolute Gasteiger partial charge is 0.267 e. The third-order valence-corrected chi connectivity index (χ3v) is 4.76. The van der Waals surface area contributed by atoms with Crippen molar-refractivity contribution in [3.8, 4) is 17.6 Å². The molecular formula is C24H29N3O2. The van der Waals surface area contributed by atoms with Crippen LogP contribution in [-0.4, -0.2) is 44.1 Å². The molecule has 0 radical (unpaired) electrons. The lowest BCUT2D eigenvalue weighted by molar-refractivity contribution is -0.122. The van der Waals surface area contributed by atoms with Gasteiger partial charge in [-0.3, -0.25) is 9.69 Å². The molecule has 2 aromatic carbocycles. The Kier molecular flexibility index (Phi) is 6.46. The van der Waals surface area contributed by atoms with E-state index >= 15 is 0 Å². The van der Waals surface area contributed by atoms with Gasteiger partial charge in [-0.05, 0) is 62.3 Å². The van der Waals surface area contributed by atoms with Gasteiger partial charge in [0, 0.05) is 5.56 Å². The van der Waals surface area contributed by atoms with E-state index in [4.69, 9.17) is 4.74 Å². The van der Waals surface area contributed by atoms with E-state index in [0.29, 0.717) is 30.4 Å². The van der Waals surface area contributed by atoms with Crippen LogP contribution in [0, 0.1) is 18.8 Å². The van der Waals surface area contributed by atoms with Gasteiger partial charge in [0.1, 0.15) is 5.75 Å². The minimum absolute atomic E-state index is 0.184. The van der Waals surface area contributed by atoms with Crippen molar-refractivity contribution < 1.29 is 9.53 Å². The van der Waals surface area contributed by atoms with E-state index in [1.165, 1.54) is 5.56 Å². The lowest BCUT2D eigenvalue weighted by atomic mass is 9.99. The normalized spacial score (nSPS) is 15.1. The number of ether oxygens (including phenoxy) is 1. The molecule has 1 amide bonds. The van der Waals surface area contributed by atoms with E-state index in [1.54, 1.807) is 0 Å². The highest BCUT2D eigenvalue weighted by Crippen LogP contribution is 2.30. The van der Waals surface area contributed by atoms with Gasteiger partial charge < -0.3 is 15.4 Å². The third kappa shape index (κ3) is 5.30. The predicted octanol–water partition coefficient (Wildman–Crippen LogP) is 3.84. The van der Waals surface area contributed by atoms with Gasteiger partial charge in [0.2, 0.25) is 0 Å². The number of nitrogens with one attached hydrogen (secondary N) is 2. The van der Waals surface area contributed by atoms with E-state index in [2.05, 4.69) is 42.4 Å². The molecule has 1 atom stereocenters. The van der Waals surface area contributed by atoms with Crippen LogP contribution >= 0.6 is 0 Å². The first-order chi connectivity index (χ1) is 13.8. The van der Waals surface area contributed by atoms with E-state index in [-0.39, 0.29) is 5.91 Å². The van der Waals surface area contributed by atoms with E-state index in [1.807, 2.05) is 56.3 Å². The maximum absolute atomic E-state index is 12.9. The van der Waals surface area contributed by atoms with Gasteiger partial charge in [0.25, 0.3) is 5.91 Å². The number of carbonyl (C=O) groups is 1. The molecule has 0 saturated heterocycles. The molecule has 29 heavy (non-hydrogen) atoms. The second-order valence-corrected chi connectivity index (χ2v) is 7.98. The van der Waals surface area contributed by atoms with Crippen LogP contribution in [0.5, 0.6) is 5.75 Å². The second kappa shape index (κ2) is 9.02. The fraction of sp³-hybridized carbons (Fsp3) is 0.375. The molecule has 1 aliphatic heterocycles. The molecule has 0 saturated carbocycles. The van der Waals surface area contributed by atoms with Crippen molar-refractivity contribution in [2.45, 2.75) is 32.8 Å². The summed E-state index contributed by atoms with van der Waals surface area (Å²) in [7, 11) is 3.96. The highest BCUT2D eigenvalue weighted by atomic mass is 16.5. The molecule has 2 N–H and O–H groups in total. The summed E-state index contributed by atoms with van der Waals surface area (Å²) in [6, 6.07) is 11.9. The number of amides is 1. The van der Waals surface area contributed by atoms with Crippen LogP contribution in [0.4, 0.5) is 11.4 Å². The van der Waals surface area contributed by atoms with Crippen LogP contribution in [0.15, 0.2) is 36.4 Å². The molecule has 0 fully saturated rings. The average molecular weight is 392 g/mol. The maximum Gasteiger partial charge on any atom is 0.267 e. The van der Waals surface area contributed by atoms with Crippen LogP contribution in [0.1, 0.15) is 36.5 Å². The Labute approximate surface area is 173 Å². The molecule has 1 heterocycles. The van der Waals surface area contributed by atoms with Crippen LogP contribution in [0.25, 0.3) is 0 Å².